The monoisotopic (exact) mass is 505 g/mol. The van der Waals surface area contributed by atoms with E-state index in [0.717, 1.165) is 38.3 Å². The molecule has 4 rings (SSSR count). The van der Waals surface area contributed by atoms with Crippen molar-refractivity contribution in [2.45, 2.75) is 33.1 Å². The van der Waals surface area contributed by atoms with Gasteiger partial charge in [-0.2, -0.15) is 0 Å². The van der Waals surface area contributed by atoms with E-state index in [0.29, 0.717) is 35.2 Å². The molecule has 2 aromatic carbocycles. The van der Waals surface area contributed by atoms with Crippen LogP contribution in [0.25, 0.3) is 0 Å². The number of aromatic nitrogens is 1. The molecule has 0 spiro atoms. The number of hydrogen-bond donors (Lipinski definition) is 0. The van der Waals surface area contributed by atoms with Gasteiger partial charge in [0, 0.05) is 38.9 Å². The number of carbonyl (C=O) groups excluding carboxylic acids is 1. The van der Waals surface area contributed by atoms with Crippen molar-refractivity contribution in [1.82, 2.24) is 9.88 Å². The third kappa shape index (κ3) is 6.71. The molecule has 3 aromatic rings. The minimum Gasteiger partial charge on any atom is -0.493 e. The molecule has 37 heavy (non-hydrogen) atoms. The quantitative estimate of drug-likeness (QED) is 0.371. The fourth-order valence-corrected chi connectivity index (χ4v) is 4.41. The highest BCUT2D eigenvalue weighted by Gasteiger charge is 2.24. The van der Waals surface area contributed by atoms with E-state index in [9.17, 15) is 4.79 Å². The van der Waals surface area contributed by atoms with Gasteiger partial charge in [0.1, 0.15) is 18.0 Å². The summed E-state index contributed by atoms with van der Waals surface area (Å²) >= 11 is 0. The number of hydrogen-bond acceptors (Lipinski definition) is 8. The summed E-state index contributed by atoms with van der Waals surface area (Å²) in [5.41, 5.74) is 2.83. The van der Waals surface area contributed by atoms with Crippen molar-refractivity contribution in [3.63, 3.8) is 0 Å². The molecule has 0 amide bonds. The van der Waals surface area contributed by atoms with Crippen LogP contribution < -0.4 is 19.1 Å². The molecule has 2 heterocycles. The maximum atomic E-state index is 12.5. The van der Waals surface area contributed by atoms with Gasteiger partial charge < -0.3 is 23.8 Å². The third-order valence-corrected chi connectivity index (χ3v) is 6.18. The van der Waals surface area contributed by atoms with Crippen LogP contribution in [0, 0.1) is 0 Å². The smallest absolute Gasteiger partial charge is 0.342 e. The predicted molar refractivity (Wildman–Crippen MR) is 143 cm³/mol. The zero-order valence-electron chi connectivity index (χ0n) is 22.0. The Morgan fingerprint density at radius 3 is 2.38 bits per heavy atom. The number of nitrogens with zero attached hydrogens (tertiary/aromatic N) is 3. The number of benzene rings is 2. The molecule has 1 aromatic heterocycles. The van der Waals surface area contributed by atoms with E-state index in [4.69, 9.17) is 18.9 Å². The molecule has 0 atom stereocenters. The van der Waals surface area contributed by atoms with Crippen molar-refractivity contribution in [3.8, 4) is 17.2 Å². The van der Waals surface area contributed by atoms with Crippen LogP contribution in [-0.2, 0) is 17.9 Å². The number of rotatable bonds is 10. The van der Waals surface area contributed by atoms with Crippen LogP contribution in [0.4, 0.5) is 5.82 Å². The van der Waals surface area contributed by atoms with Gasteiger partial charge in [-0.1, -0.05) is 30.3 Å². The van der Waals surface area contributed by atoms with Crippen LogP contribution in [0.3, 0.4) is 0 Å². The number of ether oxygens (including phenoxy) is 4. The average molecular weight is 506 g/mol. The van der Waals surface area contributed by atoms with E-state index < -0.39 is 0 Å². The van der Waals surface area contributed by atoms with E-state index in [2.05, 4.69) is 39.0 Å². The van der Waals surface area contributed by atoms with Gasteiger partial charge in [0.15, 0.2) is 11.5 Å². The Balaban J connectivity index is 1.34. The van der Waals surface area contributed by atoms with Crippen LogP contribution in [0.2, 0.25) is 0 Å². The number of pyridine rings is 1. The molecular weight excluding hydrogens is 470 g/mol. The lowest BCUT2D eigenvalue weighted by Gasteiger charge is -2.36. The number of piperazine rings is 1. The molecule has 8 nitrogen and oxygen atoms in total. The van der Waals surface area contributed by atoms with E-state index >= 15 is 0 Å². The van der Waals surface area contributed by atoms with Gasteiger partial charge in [0.2, 0.25) is 5.75 Å². The largest absolute Gasteiger partial charge is 0.493 e. The van der Waals surface area contributed by atoms with Crippen molar-refractivity contribution >= 4 is 11.8 Å². The molecule has 196 valence electrons. The van der Waals surface area contributed by atoms with Crippen LogP contribution >= 0.6 is 0 Å². The molecule has 1 fully saturated rings. The highest BCUT2D eigenvalue weighted by Crippen LogP contribution is 2.37. The Kier molecular flexibility index (Phi) is 8.85. The fourth-order valence-electron chi connectivity index (χ4n) is 4.41. The van der Waals surface area contributed by atoms with Crippen molar-refractivity contribution in [3.05, 3.63) is 77.5 Å². The first-order valence-corrected chi connectivity index (χ1v) is 12.5. The minimum atomic E-state index is -0.328. The summed E-state index contributed by atoms with van der Waals surface area (Å²) in [6, 6.07) is 17.6. The van der Waals surface area contributed by atoms with Gasteiger partial charge in [0.25, 0.3) is 0 Å². The van der Waals surface area contributed by atoms with E-state index in [1.807, 2.05) is 32.0 Å². The van der Waals surface area contributed by atoms with Gasteiger partial charge in [-0.15, -0.1) is 0 Å². The molecule has 8 heteroatoms. The molecule has 1 saturated heterocycles. The van der Waals surface area contributed by atoms with Gasteiger partial charge in [-0.25, -0.2) is 9.78 Å². The normalized spacial score (nSPS) is 13.9. The molecule has 0 saturated carbocycles. The maximum absolute atomic E-state index is 12.5. The summed E-state index contributed by atoms with van der Waals surface area (Å²) in [6.07, 6.45) is 1.55. The molecule has 0 unspecified atom stereocenters. The first-order chi connectivity index (χ1) is 18.0. The highest BCUT2D eigenvalue weighted by atomic mass is 16.5. The zero-order chi connectivity index (χ0) is 26.2. The van der Waals surface area contributed by atoms with Gasteiger partial charge in [0.05, 0.1) is 20.3 Å². The molecule has 0 radical (unpaired) electrons. The van der Waals surface area contributed by atoms with Gasteiger partial charge >= 0.3 is 5.97 Å². The second-order valence-corrected chi connectivity index (χ2v) is 9.19. The van der Waals surface area contributed by atoms with E-state index in [1.54, 1.807) is 32.5 Å². The highest BCUT2D eigenvalue weighted by molar-refractivity contribution is 5.94. The molecule has 1 aliphatic rings. The minimum absolute atomic E-state index is 0.170. The van der Waals surface area contributed by atoms with E-state index in [1.165, 1.54) is 5.56 Å². The SMILES string of the molecule is COc1cccc(OCc2cccc(CN3CCN(c4ncccc4C(=O)OC(C)C)CC3)c2)c1OC. The molecule has 1 aliphatic heterocycles. The van der Waals surface area contributed by atoms with Crippen molar-refractivity contribution < 1.29 is 23.7 Å². The lowest BCUT2D eigenvalue weighted by atomic mass is 10.1. The van der Waals surface area contributed by atoms with Crippen molar-refractivity contribution in [2.24, 2.45) is 0 Å². The Hall–Kier alpha value is -3.78. The summed E-state index contributed by atoms with van der Waals surface area (Å²) in [5.74, 6) is 2.25. The topological polar surface area (TPSA) is 73.4 Å². The Bertz CT molecular complexity index is 1190. The zero-order valence-corrected chi connectivity index (χ0v) is 22.0. The summed E-state index contributed by atoms with van der Waals surface area (Å²) in [5, 5.41) is 0. The second kappa shape index (κ2) is 12.5. The van der Waals surface area contributed by atoms with Crippen molar-refractivity contribution in [1.29, 1.82) is 0 Å². The molecular formula is C29H35N3O5. The Labute approximate surface area is 218 Å². The summed E-state index contributed by atoms with van der Waals surface area (Å²) in [6.45, 7) is 8.30. The van der Waals surface area contributed by atoms with Crippen LogP contribution in [0.1, 0.15) is 35.3 Å². The summed E-state index contributed by atoms with van der Waals surface area (Å²) in [4.78, 5) is 21.6. The Morgan fingerprint density at radius 1 is 0.919 bits per heavy atom. The second-order valence-electron chi connectivity index (χ2n) is 9.19. The summed E-state index contributed by atoms with van der Waals surface area (Å²) < 4.78 is 22.3. The number of para-hydroxylation sites is 1. The standard InChI is InChI=1S/C29H35N3O5/c1-21(2)37-29(33)24-10-7-13-30-28(24)32-16-14-31(15-17-32)19-22-8-5-9-23(18-22)20-36-26-12-6-11-25(34-3)27(26)35-4/h5-13,18,21H,14-17,19-20H2,1-4H3. The van der Waals surface area contributed by atoms with Crippen LogP contribution in [0.15, 0.2) is 60.8 Å². The predicted octanol–water partition coefficient (Wildman–Crippen LogP) is 4.57. The Morgan fingerprint density at radius 2 is 1.65 bits per heavy atom. The first-order valence-electron chi connectivity index (χ1n) is 12.5. The summed E-state index contributed by atoms with van der Waals surface area (Å²) in [7, 11) is 3.22. The maximum Gasteiger partial charge on any atom is 0.342 e. The molecule has 0 N–H and O–H groups in total. The van der Waals surface area contributed by atoms with Crippen molar-refractivity contribution in [2.75, 3.05) is 45.3 Å². The molecule has 0 bridgehead atoms. The van der Waals surface area contributed by atoms with Crippen LogP contribution in [-0.4, -0.2) is 62.4 Å². The first kappa shape index (κ1) is 26.3. The van der Waals surface area contributed by atoms with E-state index in [-0.39, 0.29) is 12.1 Å². The average Bonchev–Trinajstić information content (AvgIpc) is 2.92. The molecule has 0 aliphatic carbocycles. The fraction of sp³-hybridized carbons (Fsp3) is 0.379. The number of methoxy groups -OCH3 is 2. The number of carbonyl (C=O) groups is 1. The number of anilines is 1. The van der Waals surface area contributed by atoms with Crippen LogP contribution in [0.5, 0.6) is 17.2 Å². The number of esters is 1. The van der Waals surface area contributed by atoms with Gasteiger partial charge in [-0.3, -0.25) is 4.90 Å². The van der Waals surface area contributed by atoms with Gasteiger partial charge in [-0.05, 0) is 49.2 Å². The lowest BCUT2D eigenvalue weighted by molar-refractivity contribution is 0.0378. The lowest BCUT2D eigenvalue weighted by Crippen LogP contribution is -2.46. The third-order valence-electron chi connectivity index (χ3n) is 6.18.